The molecule has 0 saturated carbocycles. The standard InChI is InChI=1S/C18H23N3O6S/c1-25-15-10-12(11-16(26-2)17(15)27-3)20-28(23,24)14-6-4-13(5-7-14)21-9-8-19-18(21)22/h4-7,10-11,18-20,22H,8-9H2,1-3H3. The van der Waals surface area contributed by atoms with E-state index in [1.165, 1.54) is 45.6 Å². The van der Waals surface area contributed by atoms with Crippen molar-refractivity contribution in [1.82, 2.24) is 5.32 Å². The van der Waals surface area contributed by atoms with Gasteiger partial charge in [-0.05, 0) is 24.3 Å². The Morgan fingerprint density at radius 1 is 1.07 bits per heavy atom. The molecule has 1 unspecified atom stereocenters. The lowest BCUT2D eigenvalue weighted by Crippen LogP contribution is -2.35. The van der Waals surface area contributed by atoms with Crippen LogP contribution < -0.4 is 29.1 Å². The number of anilines is 2. The van der Waals surface area contributed by atoms with E-state index < -0.39 is 16.4 Å². The van der Waals surface area contributed by atoms with Crippen molar-refractivity contribution < 1.29 is 27.7 Å². The van der Waals surface area contributed by atoms with E-state index in [1.54, 1.807) is 17.0 Å². The summed E-state index contributed by atoms with van der Waals surface area (Å²) in [6.45, 7) is 1.29. The fourth-order valence-corrected chi connectivity index (χ4v) is 4.03. The lowest BCUT2D eigenvalue weighted by atomic mass is 10.2. The summed E-state index contributed by atoms with van der Waals surface area (Å²) >= 11 is 0. The third-order valence-electron chi connectivity index (χ3n) is 4.37. The van der Waals surface area contributed by atoms with Crippen LogP contribution in [0, 0.1) is 0 Å². The monoisotopic (exact) mass is 409 g/mol. The average Bonchev–Trinajstić information content (AvgIpc) is 3.12. The van der Waals surface area contributed by atoms with Gasteiger partial charge in [0.1, 0.15) is 0 Å². The highest BCUT2D eigenvalue weighted by Gasteiger charge is 2.23. The number of sulfonamides is 1. The topological polar surface area (TPSA) is 109 Å². The Bertz CT molecular complexity index is 908. The number of aliphatic hydroxyl groups is 1. The molecule has 1 aliphatic heterocycles. The summed E-state index contributed by atoms with van der Waals surface area (Å²) in [5.41, 5.74) is 1.00. The van der Waals surface area contributed by atoms with Crippen LogP contribution in [0.15, 0.2) is 41.3 Å². The van der Waals surface area contributed by atoms with Crippen LogP contribution in [0.2, 0.25) is 0 Å². The molecule has 2 aromatic rings. The molecule has 3 rings (SSSR count). The number of nitrogens with one attached hydrogen (secondary N) is 2. The molecule has 0 radical (unpaired) electrons. The highest BCUT2D eigenvalue weighted by Crippen LogP contribution is 2.40. The van der Waals surface area contributed by atoms with Gasteiger partial charge in [0, 0.05) is 30.9 Å². The molecule has 0 amide bonds. The number of hydrogen-bond acceptors (Lipinski definition) is 8. The fraction of sp³-hybridized carbons (Fsp3) is 0.333. The van der Waals surface area contributed by atoms with Crippen molar-refractivity contribution in [3.05, 3.63) is 36.4 Å². The first-order valence-corrected chi connectivity index (χ1v) is 9.99. The number of nitrogens with zero attached hydrogens (tertiary/aromatic N) is 1. The summed E-state index contributed by atoms with van der Waals surface area (Å²) in [5, 5.41) is 12.8. The first-order valence-electron chi connectivity index (χ1n) is 8.50. The summed E-state index contributed by atoms with van der Waals surface area (Å²) in [7, 11) is 0.544. The predicted molar refractivity (Wildman–Crippen MR) is 105 cm³/mol. The maximum Gasteiger partial charge on any atom is 0.261 e. The van der Waals surface area contributed by atoms with Gasteiger partial charge in [-0.2, -0.15) is 0 Å². The van der Waals surface area contributed by atoms with Crippen molar-refractivity contribution in [2.75, 3.05) is 44.0 Å². The minimum atomic E-state index is -3.84. The summed E-state index contributed by atoms with van der Waals surface area (Å²) in [5.74, 6) is 1.05. The molecule has 0 aliphatic carbocycles. The van der Waals surface area contributed by atoms with E-state index in [9.17, 15) is 13.5 Å². The first-order chi connectivity index (χ1) is 13.4. The molecular weight excluding hydrogens is 386 g/mol. The Balaban J connectivity index is 1.85. The average molecular weight is 409 g/mol. The van der Waals surface area contributed by atoms with Crippen LogP contribution in [-0.2, 0) is 10.0 Å². The van der Waals surface area contributed by atoms with Gasteiger partial charge in [-0.15, -0.1) is 0 Å². The first kappa shape index (κ1) is 20.1. The van der Waals surface area contributed by atoms with Crippen molar-refractivity contribution in [2.24, 2.45) is 0 Å². The van der Waals surface area contributed by atoms with Gasteiger partial charge >= 0.3 is 0 Å². The van der Waals surface area contributed by atoms with Crippen molar-refractivity contribution in [2.45, 2.75) is 11.2 Å². The highest BCUT2D eigenvalue weighted by molar-refractivity contribution is 7.92. The van der Waals surface area contributed by atoms with Gasteiger partial charge < -0.3 is 24.2 Å². The van der Waals surface area contributed by atoms with E-state index in [4.69, 9.17) is 14.2 Å². The minimum Gasteiger partial charge on any atom is -0.493 e. The van der Waals surface area contributed by atoms with Gasteiger partial charge in [0.2, 0.25) is 5.75 Å². The molecule has 0 aromatic heterocycles. The predicted octanol–water partition coefficient (Wildman–Crippen LogP) is 1.20. The Morgan fingerprint density at radius 3 is 2.14 bits per heavy atom. The van der Waals surface area contributed by atoms with E-state index in [1.807, 2.05) is 0 Å². The van der Waals surface area contributed by atoms with Crippen molar-refractivity contribution in [3.63, 3.8) is 0 Å². The molecule has 1 aliphatic rings. The normalized spacial score (nSPS) is 16.7. The molecule has 0 bridgehead atoms. The Hall–Kier alpha value is -2.69. The zero-order chi connectivity index (χ0) is 20.3. The molecule has 1 fully saturated rings. The van der Waals surface area contributed by atoms with Crippen LogP contribution in [0.3, 0.4) is 0 Å². The zero-order valence-corrected chi connectivity index (χ0v) is 16.6. The number of ether oxygens (including phenoxy) is 3. The van der Waals surface area contributed by atoms with E-state index >= 15 is 0 Å². The highest BCUT2D eigenvalue weighted by atomic mass is 32.2. The van der Waals surface area contributed by atoms with Crippen LogP contribution in [0.5, 0.6) is 17.2 Å². The molecule has 152 valence electrons. The minimum absolute atomic E-state index is 0.0895. The van der Waals surface area contributed by atoms with Gasteiger partial charge in [-0.1, -0.05) is 0 Å². The van der Waals surface area contributed by atoms with Crippen molar-refractivity contribution >= 4 is 21.4 Å². The molecular formula is C18H23N3O6S. The van der Waals surface area contributed by atoms with Crippen molar-refractivity contribution in [1.29, 1.82) is 0 Å². The summed E-state index contributed by atoms with van der Waals surface area (Å²) < 4.78 is 43.8. The quantitative estimate of drug-likeness (QED) is 0.626. The second-order valence-electron chi connectivity index (χ2n) is 6.03. The van der Waals surface area contributed by atoms with E-state index in [-0.39, 0.29) is 10.6 Å². The molecule has 28 heavy (non-hydrogen) atoms. The van der Waals surface area contributed by atoms with Gasteiger partial charge in [0.05, 0.1) is 31.9 Å². The van der Waals surface area contributed by atoms with Gasteiger partial charge in [-0.25, -0.2) is 8.42 Å². The molecule has 9 nitrogen and oxygen atoms in total. The summed E-state index contributed by atoms with van der Waals surface area (Å²) in [4.78, 5) is 1.83. The third kappa shape index (κ3) is 3.93. The van der Waals surface area contributed by atoms with Crippen LogP contribution in [0.1, 0.15) is 0 Å². The molecule has 10 heteroatoms. The Morgan fingerprint density at radius 2 is 1.68 bits per heavy atom. The zero-order valence-electron chi connectivity index (χ0n) is 15.8. The Labute approximate surface area is 163 Å². The lowest BCUT2D eigenvalue weighted by molar-refractivity contribution is 0.163. The maximum absolute atomic E-state index is 12.8. The van der Waals surface area contributed by atoms with Gasteiger partial charge in [-0.3, -0.25) is 10.0 Å². The SMILES string of the molecule is COc1cc(NS(=O)(=O)c2ccc(N3CCNC3O)cc2)cc(OC)c1OC. The molecule has 1 heterocycles. The molecule has 1 saturated heterocycles. The Kier molecular flexibility index (Phi) is 5.82. The van der Waals surface area contributed by atoms with Crippen LogP contribution in [-0.4, -0.2) is 54.3 Å². The molecule has 0 spiro atoms. The van der Waals surface area contributed by atoms with Crippen LogP contribution in [0.4, 0.5) is 11.4 Å². The fourth-order valence-electron chi connectivity index (χ4n) is 2.99. The van der Waals surface area contributed by atoms with Gasteiger partial charge in [0.15, 0.2) is 17.9 Å². The van der Waals surface area contributed by atoms with E-state index in [0.29, 0.717) is 30.3 Å². The van der Waals surface area contributed by atoms with Crippen LogP contribution >= 0.6 is 0 Å². The second kappa shape index (κ2) is 8.13. The van der Waals surface area contributed by atoms with E-state index in [2.05, 4.69) is 10.0 Å². The number of hydrogen-bond donors (Lipinski definition) is 3. The van der Waals surface area contributed by atoms with Crippen molar-refractivity contribution in [3.8, 4) is 17.2 Å². The number of methoxy groups -OCH3 is 3. The lowest BCUT2D eigenvalue weighted by Gasteiger charge is -2.21. The largest absolute Gasteiger partial charge is 0.493 e. The molecule has 2 aromatic carbocycles. The smallest absolute Gasteiger partial charge is 0.261 e. The summed E-state index contributed by atoms with van der Waals surface area (Å²) in [6.07, 6.45) is -0.778. The van der Waals surface area contributed by atoms with E-state index in [0.717, 1.165) is 5.69 Å². The van der Waals surface area contributed by atoms with Crippen LogP contribution in [0.25, 0.3) is 0 Å². The third-order valence-corrected chi connectivity index (χ3v) is 5.77. The maximum atomic E-state index is 12.8. The number of benzene rings is 2. The summed E-state index contributed by atoms with van der Waals surface area (Å²) in [6, 6.07) is 9.31. The molecule has 3 N–H and O–H groups in total. The number of rotatable bonds is 7. The number of aliphatic hydroxyl groups excluding tert-OH is 1. The molecule has 1 atom stereocenters. The second-order valence-corrected chi connectivity index (χ2v) is 7.72. The van der Waals surface area contributed by atoms with Gasteiger partial charge in [0.25, 0.3) is 10.0 Å².